The smallest absolute Gasteiger partial charge is 0.322 e. The number of hydrogen-bond donors (Lipinski definition) is 3. The average molecular weight is 400 g/mol. The van der Waals surface area contributed by atoms with Gasteiger partial charge in [-0.25, -0.2) is 5.48 Å². The van der Waals surface area contributed by atoms with Crippen molar-refractivity contribution in [3.8, 4) is 11.1 Å². The van der Waals surface area contributed by atoms with Gasteiger partial charge in [-0.15, -0.1) is 0 Å². The summed E-state index contributed by atoms with van der Waals surface area (Å²) in [5.41, 5.74) is 2.64. The topological polar surface area (TPSA) is 78.4 Å². The van der Waals surface area contributed by atoms with E-state index in [1.54, 1.807) is 36.4 Å². The van der Waals surface area contributed by atoms with Gasteiger partial charge in [0.1, 0.15) is 0 Å². The highest BCUT2D eigenvalue weighted by Gasteiger charge is 2.30. The number of nitrogens with one attached hydrogen (secondary N) is 2. The van der Waals surface area contributed by atoms with E-state index in [2.05, 4.69) is 5.32 Å². The fraction of sp³-hybridized carbons (Fsp3) is 0.0476. The van der Waals surface area contributed by atoms with Crippen LogP contribution in [0.4, 0.5) is 18.9 Å². The second-order valence-electron chi connectivity index (χ2n) is 6.13. The van der Waals surface area contributed by atoms with E-state index in [4.69, 9.17) is 5.21 Å². The van der Waals surface area contributed by atoms with Crippen LogP contribution >= 0.6 is 0 Å². The first-order chi connectivity index (χ1) is 13.8. The Labute approximate surface area is 163 Å². The van der Waals surface area contributed by atoms with Crippen molar-refractivity contribution < 1.29 is 28.0 Å². The van der Waals surface area contributed by atoms with Gasteiger partial charge in [-0.05, 0) is 53.6 Å². The highest BCUT2D eigenvalue weighted by atomic mass is 19.4. The van der Waals surface area contributed by atoms with E-state index in [1.807, 2.05) is 0 Å². The lowest BCUT2D eigenvalue weighted by Crippen LogP contribution is -2.18. The summed E-state index contributed by atoms with van der Waals surface area (Å²) in [6, 6.07) is 17.2. The lowest BCUT2D eigenvalue weighted by Gasteiger charge is -2.10. The molecule has 0 aliphatic heterocycles. The van der Waals surface area contributed by atoms with Crippen molar-refractivity contribution in [3.05, 3.63) is 89.5 Å². The molecule has 5 nitrogen and oxygen atoms in total. The summed E-state index contributed by atoms with van der Waals surface area (Å²) in [5, 5.41) is 11.1. The van der Waals surface area contributed by atoms with Crippen molar-refractivity contribution in [3.63, 3.8) is 0 Å². The first-order valence-electron chi connectivity index (χ1n) is 8.41. The fourth-order valence-corrected chi connectivity index (χ4v) is 2.70. The average Bonchev–Trinajstić information content (AvgIpc) is 2.73. The molecule has 3 N–H and O–H groups in total. The van der Waals surface area contributed by atoms with Gasteiger partial charge >= 0.3 is 6.18 Å². The maximum absolute atomic E-state index is 12.8. The largest absolute Gasteiger partial charge is 0.416 e. The minimum absolute atomic E-state index is 0.0367. The summed E-state index contributed by atoms with van der Waals surface area (Å²) in [6.07, 6.45) is -4.50. The van der Waals surface area contributed by atoms with Crippen molar-refractivity contribution in [2.75, 3.05) is 5.32 Å². The lowest BCUT2D eigenvalue weighted by atomic mass is 10.0. The molecule has 0 radical (unpaired) electrons. The zero-order valence-corrected chi connectivity index (χ0v) is 14.8. The van der Waals surface area contributed by atoms with Crippen LogP contribution in [-0.4, -0.2) is 17.0 Å². The van der Waals surface area contributed by atoms with Crippen molar-refractivity contribution in [2.24, 2.45) is 0 Å². The number of rotatable bonds is 4. The predicted octanol–water partition coefficient (Wildman–Crippen LogP) is 4.74. The van der Waals surface area contributed by atoms with Crippen molar-refractivity contribution >= 4 is 17.5 Å². The Morgan fingerprint density at radius 3 is 2.10 bits per heavy atom. The SMILES string of the molecule is O=C(NO)c1ccc(-c2cccc(C(=O)Nc3cccc(C(F)(F)F)c3)c2)cc1. The van der Waals surface area contributed by atoms with Gasteiger partial charge in [-0.1, -0.05) is 30.3 Å². The zero-order valence-electron chi connectivity index (χ0n) is 14.8. The molecule has 2 amide bonds. The van der Waals surface area contributed by atoms with Crippen LogP contribution in [0.25, 0.3) is 11.1 Å². The first-order valence-corrected chi connectivity index (χ1v) is 8.41. The van der Waals surface area contributed by atoms with Crippen LogP contribution in [0.2, 0.25) is 0 Å². The normalized spacial score (nSPS) is 11.0. The minimum Gasteiger partial charge on any atom is -0.322 e. The second-order valence-corrected chi connectivity index (χ2v) is 6.13. The number of amides is 2. The molecule has 0 aliphatic carbocycles. The van der Waals surface area contributed by atoms with E-state index in [1.165, 1.54) is 29.7 Å². The van der Waals surface area contributed by atoms with Crippen LogP contribution in [0.15, 0.2) is 72.8 Å². The van der Waals surface area contributed by atoms with Gasteiger partial charge in [0.05, 0.1) is 5.56 Å². The molecule has 0 unspecified atom stereocenters. The number of benzene rings is 3. The number of carbonyl (C=O) groups is 2. The third-order valence-corrected chi connectivity index (χ3v) is 4.15. The summed E-state index contributed by atoms with van der Waals surface area (Å²) in [7, 11) is 0. The quantitative estimate of drug-likeness (QED) is 0.437. The molecule has 3 aromatic carbocycles. The molecule has 0 aromatic heterocycles. The fourth-order valence-electron chi connectivity index (χ4n) is 2.70. The first kappa shape index (κ1) is 20.1. The molecule has 0 bridgehead atoms. The van der Waals surface area contributed by atoms with Gasteiger partial charge in [-0.2, -0.15) is 13.2 Å². The van der Waals surface area contributed by atoms with E-state index in [0.29, 0.717) is 11.1 Å². The number of carbonyl (C=O) groups excluding carboxylic acids is 2. The third-order valence-electron chi connectivity index (χ3n) is 4.15. The Bertz CT molecular complexity index is 1050. The Morgan fingerprint density at radius 2 is 1.45 bits per heavy atom. The highest BCUT2D eigenvalue weighted by Crippen LogP contribution is 2.31. The molecule has 0 heterocycles. The maximum Gasteiger partial charge on any atom is 0.416 e. The summed E-state index contributed by atoms with van der Waals surface area (Å²) >= 11 is 0. The summed E-state index contributed by atoms with van der Waals surface area (Å²) < 4.78 is 38.5. The summed E-state index contributed by atoms with van der Waals surface area (Å²) in [6.45, 7) is 0. The molecule has 3 aromatic rings. The third kappa shape index (κ3) is 4.80. The molecule has 0 aliphatic rings. The monoisotopic (exact) mass is 400 g/mol. The highest BCUT2D eigenvalue weighted by molar-refractivity contribution is 6.05. The number of alkyl halides is 3. The van der Waals surface area contributed by atoms with E-state index < -0.39 is 23.6 Å². The van der Waals surface area contributed by atoms with Crippen LogP contribution in [-0.2, 0) is 6.18 Å². The zero-order chi connectivity index (χ0) is 21.0. The molecule has 0 saturated heterocycles. The van der Waals surface area contributed by atoms with E-state index >= 15 is 0 Å². The molecular formula is C21H15F3N2O3. The predicted molar refractivity (Wildman–Crippen MR) is 101 cm³/mol. The summed E-state index contributed by atoms with van der Waals surface area (Å²) in [4.78, 5) is 23.8. The van der Waals surface area contributed by atoms with E-state index in [-0.39, 0.29) is 16.8 Å². The number of anilines is 1. The summed E-state index contributed by atoms with van der Waals surface area (Å²) in [5.74, 6) is -1.20. The number of hydroxylamine groups is 1. The van der Waals surface area contributed by atoms with E-state index in [9.17, 15) is 22.8 Å². The van der Waals surface area contributed by atoms with Gasteiger partial charge in [0, 0.05) is 16.8 Å². The van der Waals surface area contributed by atoms with E-state index in [0.717, 1.165) is 12.1 Å². The van der Waals surface area contributed by atoms with Gasteiger partial charge in [0.25, 0.3) is 11.8 Å². The van der Waals surface area contributed by atoms with Crippen molar-refractivity contribution in [1.29, 1.82) is 0 Å². The van der Waals surface area contributed by atoms with Crippen LogP contribution in [0, 0.1) is 0 Å². The minimum atomic E-state index is -4.50. The maximum atomic E-state index is 12.8. The molecule has 0 atom stereocenters. The van der Waals surface area contributed by atoms with Gasteiger partial charge in [-0.3, -0.25) is 14.8 Å². The number of halogens is 3. The Balaban J connectivity index is 1.80. The Morgan fingerprint density at radius 1 is 0.759 bits per heavy atom. The lowest BCUT2D eigenvalue weighted by molar-refractivity contribution is -0.137. The Kier molecular flexibility index (Phi) is 5.65. The van der Waals surface area contributed by atoms with Crippen LogP contribution in [0.5, 0.6) is 0 Å². The van der Waals surface area contributed by atoms with Crippen molar-refractivity contribution in [1.82, 2.24) is 5.48 Å². The molecule has 0 saturated carbocycles. The van der Waals surface area contributed by atoms with Crippen LogP contribution in [0.1, 0.15) is 26.3 Å². The van der Waals surface area contributed by atoms with Gasteiger partial charge in [0.2, 0.25) is 0 Å². The molecule has 148 valence electrons. The molecule has 0 fully saturated rings. The molecular weight excluding hydrogens is 385 g/mol. The van der Waals surface area contributed by atoms with Gasteiger partial charge in [0.15, 0.2) is 0 Å². The Hall–Kier alpha value is -3.65. The second kappa shape index (κ2) is 8.15. The van der Waals surface area contributed by atoms with Crippen LogP contribution < -0.4 is 10.8 Å². The molecule has 29 heavy (non-hydrogen) atoms. The van der Waals surface area contributed by atoms with Gasteiger partial charge < -0.3 is 5.32 Å². The molecule has 8 heteroatoms. The number of hydrogen-bond acceptors (Lipinski definition) is 3. The standard InChI is InChI=1S/C21H15F3N2O3/c22-21(23,24)17-5-2-6-18(12-17)25-19(27)16-4-1-3-15(11-16)13-7-9-14(10-8-13)20(28)26-29/h1-12,29H,(H,25,27)(H,26,28). The molecule has 0 spiro atoms. The van der Waals surface area contributed by atoms with Crippen LogP contribution in [0.3, 0.4) is 0 Å². The van der Waals surface area contributed by atoms with Crippen molar-refractivity contribution in [2.45, 2.75) is 6.18 Å². The molecule has 3 rings (SSSR count).